The molecule has 1 rings (SSSR count). The lowest BCUT2D eigenvalue weighted by Gasteiger charge is -2.02. The van der Waals surface area contributed by atoms with Gasteiger partial charge in [0.25, 0.3) is 0 Å². The van der Waals surface area contributed by atoms with Crippen molar-refractivity contribution in [3.05, 3.63) is 62.2 Å². The van der Waals surface area contributed by atoms with Gasteiger partial charge in [-0.2, -0.15) is 0 Å². The highest BCUT2D eigenvalue weighted by Gasteiger charge is 1.89. The van der Waals surface area contributed by atoms with Crippen LogP contribution < -0.4 is 0 Å². The molecule has 0 amide bonds. The summed E-state index contributed by atoms with van der Waals surface area (Å²) in [5.74, 6) is 0. The number of rotatable bonds is 5. The van der Waals surface area contributed by atoms with E-state index in [2.05, 4.69) is 45.4 Å². The van der Waals surface area contributed by atoms with Crippen molar-refractivity contribution in [1.29, 1.82) is 0 Å². The summed E-state index contributed by atoms with van der Waals surface area (Å²) in [5, 5.41) is 0. The molecule has 0 radical (unpaired) electrons. The highest BCUT2D eigenvalue weighted by atomic mass is 16.5. The predicted molar refractivity (Wildman–Crippen MR) is 73.5 cm³/mol. The van der Waals surface area contributed by atoms with Gasteiger partial charge in [0.05, 0.1) is 6.61 Å². The SMILES string of the molecule is C=C.C=C.CCCCOCc1ccccc1. The second kappa shape index (κ2) is 16.1. The standard InChI is InChI=1S/C11H16O.2C2H4/c1-2-3-9-12-10-11-7-5-4-6-8-11;2*1-2/h4-8H,2-3,9-10H2,1H3;2*1-2H2. The van der Waals surface area contributed by atoms with Gasteiger partial charge in [-0.3, -0.25) is 0 Å². The smallest absolute Gasteiger partial charge is 0.0716 e. The molecule has 0 N–H and O–H groups in total. The van der Waals surface area contributed by atoms with E-state index in [4.69, 9.17) is 4.74 Å². The van der Waals surface area contributed by atoms with E-state index in [0.717, 1.165) is 19.6 Å². The first kappa shape index (κ1) is 17.1. The van der Waals surface area contributed by atoms with E-state index in [0.29, 0.717) is 0 Å². The molecule has 1 nitrogen and oxygen atoms in total. The van der Waals surface area contributed by atoms with Gasteiger partial charge in [-0.1, -0.05) is 43.7 Å². The van der Waals surface area contributed by atoms with E-state index >= 15 is 0 Å². The first-order valence-corrected chi connectivity index (χ1v) is 5.55. The molecular weight excluding hydrogens is 196 g/mol. The van der Waals surface area contributed by atoms with Crippen LogP contribution in [-0.2, 0) is 11.3 Å². The van der Waals surface area contributed by atoms with Crippen molar-refractivity contribution in [2.24, 2.45) is 0 Å². The lowest BCUT2D eigenvalue weighted by atomic mass is 10.2. The number of hydrogen-bond acceptors (Lipinski definition) is 1. The molecule has 0 atom stereocenters. The summed E-state index contributed by atoms with van der Waals surface area (Å²) in [5.41, 5.74) is 1.26. The average Bonchev–Trinajstić information content (AvgIpc) is 2.41. The summed E-state index contributed by atoms with van der Waals surface area (Å²) in [6.07, 6.45) is 2.36. The van der Waals surface area contributed by atoms with Crippen LogP contribution in [0.1, 0.15) is 25.3 Å². The van der Waals surface area contributed by atoms with Gasteiger partial charge < -0.3 is 4.74 Å². The van der Waals surface area contributed by atoms with Crippen molar-refractivity contribution in [2.75, 3.05) is 6.61 Å². The monoisotopic (exact) mass is 220 g/mol. The zero-order chi connectivity index (χ0) is 12.6. The van der Waals surface area contributed by atoms with Crippen molar-refractivity contribution in [2.45, 2.75) is 26.4 Å². The Labute approximate surface area is 100 Å². The van der Waals surface area contributed by atoms with Crippen LogP contribution in [-0.4, -0.2) is 6.61 Å². The third-order valence-electron chi connectivity index (χ3n) is 1.75. The lowest BCUT2D eigenvalue weighted by molar-refractivity contribution is 0.118. The summed E-state index contributed by atoms with van der Waals surface area (Å²) < 4.78 is 5.46. The van der Waals surface area contributed by atoms with E-state index < -0.39 is 0 Å². The quantitative estimate of drug-likeness (QED) is 0.520. The minimum Gasteiger partial charge on any atom is -0.377 e. The second-order valence-corrected chi connectivity index (χ2v) is 2.89. The van der Waals surface area contributed by atoms with E-state index in [-0.39, 0.29) is 0 Å². The van der Waals surface area contributed by atoms with Crippen molar-refractivity contribution in [3.63, 3.8) is 0 Å². The second-order valence-electron chi connectivity index (χ2n) is 2.89. The Morgan fingerprint density at radius 1 is 1.00 bits per heavy atom. The lowest BCUT2D eigenvalue weighted by Crippen LogP contribution is -1.94. The molecular formula is C15H24O. The predicted octanol–water partition coefficient (Wildman–Crippen LogP) is 4.61. The van der Waals surface area contributed by atoms with Gasteiger partial charge in [0.1, 0.15) is 0 Å². The molecule has 0 aliphatic heterocycles. The topological polar surface area (TPSA) is 9.23 Å². The maximum Gasteiger partial charge on any atom is 0.0716 e. The average molecular weight is 220 g/mol. The summed E-state index contributed by atoms with van der Waals surface area (Å²) in [4.78, 5) is 0. The Balaban J connectivity index is 0. The largest absolute Gasteiger partial charge is 0.377 e. The fourth-order valence-corrected chi connectivity index (χ4v) is 1.01. The van der Waals surface area contributed by atoms with Crippen LogP contribution in [0, 0.1) is 0 Å². The molecule has 1 heteroatoms. The van der Waals surface area contributed by atoms with Crippen LogP contribution in [0.2, 0.25) is 0 Å². The van der Waals surface area contributed by atoms with Gasteiger partial charge in [0, 0.05) is 6.61 Å². The molecule has 0 aromatic heterocycles. The van der Waals surface area contributed by atoms with Gasteiger partial charge in [0.2, 0.25) is 0 Å². The van der Waals surface area contributed by atoms with Crippen molar-refractivity contribution in [3.8, 4) is 0 Å². The maximum atomic E-state index is 5.46. The van der Waals surface area contributed by atoms with Gasteiger partial charge in [-0.15, -0.1) is 26.3 Å². The molecule has 0 unspecified atom stereocenters. The van der Waals surface area contributed by atoms with E-state index in [1.54, 1.807) is 0 Å². The molecule has 0 aliphatic carbocycles. The Morgan fingerprint density at radius 2 is 1.56 bits per heavy atom. The number of unbranched alkanes of at least 4 members (excludes halogenated alkanes) is 1. The maximum absolute atomic E-state index is 5.46. The number of hydrogen-bond donors (Lipinski definition) is 0. The van der Waals surface area contributed by atoms with Crippen molar-refractivity contribution < 1.29 is 4.74 Å². The Bertz CT molecular complexity index is 216. The number of benzene rings is 1. The van der Waals surface area contributed by atoms with Crippen LogP contribution in [0.25, 0.3) is 0 Å². The normalized spacial score (nSPS) is 8.06. The van der Waals surface area contributed by atoms with Crippen LogP contribution in [0.15, 0.2) is 56.6 Å². The Hall–Kier alpha value is -1.34. The van der Waals surface area contributed by atoms with Crippen LogP contribution in [0.5, 0.6) is 0 Å². The molecule has 0 spiro atoms. The third-order valence-corrected chi connectivity index (χ3v) is 1.75. The molecule has 0 aliphatic rings. The first-order chi connectivity index (χ1) is 7.93. The summed E-state index contributed by atoms with van der Waals surface area (Å²) in [6, 6.07) is 10.3. The molecule has 1 aromatic carbocycles. The molecule has 0 bridgehead atoms. The molecule has 0 saturated heterocycles. The molecule has 1 aromatic rings. The third kappa shape index (κ3) is 10.7. The molecule has 16 heavy (non-hydrogen) atoms. The van der Waals surface area contributed by atoms with Gasteiger partial charge in [-0.25, -0.2) is 0 Å². The summed E-state index contributed by atoms with van der Waals surface area (Å²) in [6.45, 7) is 15.8. The Kier molecular flexibility index (Phi) is 17.2. The van der Waals surface area contributed by atoms with Crippen LogP contribution in [0.4, 0.5) is 0 Å². The molecule has 90 valence electrons. The summed E-state index contributed by atoms with van der Waals surface area (Å²) in [7, 11) is 0. The fraction of sp³-hybridized carbons (Fsp3) is 0.333. The minimum absolute atomic E-state index is 0.751. The van der Waals surface area contributed by atoms with E-state index in [1.165, 1.54) is 12.0 Å². The molecule has 0 heterocycles. The van der Waals surface area contributed by atoms with Gasteiger partial charge in [0.15, 0.2) is 0 Å². The molecule has 0 fully saturated rings. The van der Waals surface area contributed by atoms with Crippen molar-refractivity contribution >= 4 is 0 Å². The minimum atomic E-state index is 0.751. The van der Waals surface area contributed by atoms with Crippen molar-refractivity contribution in [1.82, 2.24) is 0 Å². The Morgan fingerprint density at radius 3 is 2.06 bits per heavy atom. The first-order valence-electron chi connectivity index (χ1n) is 5.55. The zero-order valence-corrected chi connectivity index (χ0v) is 10.5. The highest BCUT2D eigenvalue weighted by Crippen LogP contribution is 2.00. The van der Waals surface area contributed by atoms with Crippen LogP contribution >= 0.6 is 0 Å². The summed E-state index contributed by atoms with van der Waals surface area (Å²) >= 11 is 0. The van der Waals surface area contributed by atoms with Gasteiger partial charge in [-0.05, 0) is 12.0 Å². The van der Waals surface area contributed by atoms with E-state index in [9.17, 15) is 0 Å². The van der Waals surface area contributed by atoms with Gasteiger partial charge >= 0.3 is 0 Å². The zero-order valence-electron chi connectivity index (χ0n) is 10.5. The van der Waals surface area contributed by atoms with Crippen LogP contribution in [0.3, 0.4) is 0 Å². The van der Waals surface area contributed by atoms with E-state index in [1.807, 2.05) is 18.2 Å². The number of ether oxygens (including phenoxy) is 1. The molecule has 0 saturated carbocycles. The fourth-order valence-electron chi connectivity index (χ4n) is 1.01. The highest BCUT2D eigenvalue weighted by molar-refractivity contribution is 5.13.